The van der Waals surface area contributed by atoms with Gasteiger partial charge in [-0.25, -0.2) is 4.98 Å². The fourth-order valence-electron chi connectivity index (χ4n) is 4.17. The summed E-state index contributed by atoms with van der Waals surface area (Å²) in [6, 6.07) is 2.56. The van der Waals surface area contributed by atoms with Gasteiger partial charge in [-0.05, 0) is 31.2 Å². The zero-order chi connectivity index (χ0) is 18.2. The molecule has 0 radical (unpaired) electrons. The Hall–Kier alpha value is -1.36. The van der Waals surface area contributed by atoms with Crippen molar-refractivity contribution in [3.05, 3.63) is 12.3 Å². The van der Waals surface area contributed by atoms with E-state index >= 15 is 0 Å². The molecule has 0 bridgehead atoms. The van der Waals surface area contributed by atoms with Crippen LogP contribution in [-0.4, -0.2) is 53.6 Å². The maximum Gasteiger partial charge on any atom is 0.224 e. The molecule has 0 aromatic carbocycles. The first-order chi connectivity index (χ1) is 12.8. The zero-order valence-corrected chi connectivity index (χ0v) is 16.8. The van der Waals surface area contributed by atoms with Crippen molar-refractivity contribution in [3.8, 4) is 0 Å². The molecule has 26 heavy (non-hydrogen) atoms. The average Bonchev–Trinajstić information content (AvgIpc) is 2.92. The number of likely N-dealkylation sites (tertiary alicyclic amines) is 1. The number of unbranched alkanes of at least 4 members (excludes halogenated alkanes) is 1. The third kappa shape index (κ3) is 5.57. The minimum absolute atomic E-state index is 0.498. The van der Waals surface area contributed by atoms with Crippen molar-refractivity contribution in [2.75, 3.05) is 42.9 Å². The van der Waals surface area contributed by atoms with Crippen molar-refractivity contribution in [1.29, 1.82) is 0 Å². The lowest BCUT2D eigenvalue weighted by molar-refractivity contribution is 0.130. The lowest BCUT2D eigenvalue weighted by Crippen LogP contribution is -2.56. The van der Waals surface area contributed by atoms with Gasteiger partial charge >= 0.3 is 0 Å². The van der Waals surface area contributed by atoms with Crippen molar-refractivity contribution in [3.63, 3.8) is 0 Å². The molecule has 2 aliphatic heterocycles. The lowest BCUT2D eigenvalue weighted by Gasteiger charge is -2.41. The minimum Gasteiger partial charge on any atom is -0.356 e. The van der Waals surface area contributed by atoms with Crippen LogP contribution >= 0.6 is 0 Å². The normalized spacial score (nSPS) is 20.5. The quantitative estimate of drug-likeness (QED) is 0.717. The van der Waals surface area contributed by atoms with E-state index in [1.807, 2.05) is 6.20 Å². The van der Waals surface area contributed by atoms with Crippen molar-refractivity contribution in [2.24, 2.45) is 5.92 Å². The molecule has 2 fully saturated rings. The molecule has 5 heteroatoms. The van der Waals surface area contributed by atoms with Gasteiger partial charge in [-0.2, -0.15) is 4.98 Å². The molecule has 2 aliphatic rings. The van der Waals surface area contributed by atoms with E-state index in [2.05, 4.69) is 40.0 Å². The summed E-state index contributed by atoms with van der Waals surface area (Å²) in [5.41, 5.74) is 0. The van der Waals surface area contributed by atoms with Crippen LogP contribution in [0.15, 0.2) is 12.3 Å². The molecule has 3 heterocycles. The molecule has 1 unspecified atom stereocenters. The second-order valence-corrected chi connectivity index (χ2v) is 8.12. The zero-order valence-electron chi connectivity index (χ0n) is 16.8. The maximum atomic E-state index is 4.79. The predicted molar refractivity (Wildman–Crippen MR) is 110 cm³/mol. The Morgan fingerprint density at radius 2 is 1.92 bits per heavy atom. The number of anilines is 2. The summed E-state index contributed by atoms with van der Waals surface area (Å²) in [6.07, 6.45) is 12.5. The highest BCUT2D eigenvalue weighted by atomic mass is 15.3. The second kappa shape index (κ2) is 10.1. The number of nitrogens with zero attached hydrogens (tertiary/aromatic N) is 4. The molecule has 146 valence electrons. The summed E-state index contributed by atoms with van der Waals surface area (Å²) in [7, 11) is 0. The highest BCUT2D eigenvalue weighted by molar-refractivity contribution is 5.43. The SMILES string of the molecule is CCCCC(CC)CN1CC(Nc2nccc(N3CCCCCC3)n2)C1. The van der Waals surface area contributed by atoms with E-state index in [1.165, 1.54) is 57.9 Å². The number of nitrogens with one attached hydrogen (secondary N) is 1. The van der Waals surface area contributed by atoms with Crippen molar-refractivity contribution < 1.29 is 0 Å². The molecular formula is C21H37N5. The van der Waals surface area contributed by atoms with Crippen molar-refractivity contribution >= 4 is 11.8 Å². The fourth-order valence-corrected chi connectivity index (χ4v) is 4.17. The van der Waals surface area contributed by atoms with Gasteiger partial charge in [0, 0.05) is 38.9 Å². The second-order valence-electron chi connectivity index (χ2n) is 8.12. The van der Waals surface area contributed by atoms with E-state index in [0.29, 0.717) is 6.04 Å². The van der Waals surface area contributed by atoms with Gasteiger partial charge in [0.15, 0.2) is 0 Å². The van der Waals surface area contributed by atoms with E-state index in [1.54, 1.807) is 0 Å². The molecule has 1 N–H and O–H groups in total. The van der Waals surface area contributed by atoms with Gasteiger partial charge < -0.3 is 10.2 Å². The molecule has 0 saturated carbocycles. The van der Waals surface area contributed by atoms with Crippen molar-refractivity contribution in [2.45, 2.75) is 71.3 Å². The van der Waals surface area contributed by atoms with Crippen molar-refractivity contribution in [1.82, 2.24) is 14.9 Å². The van der Waals surface area contributed by atoms with E-state index in [9.17, 15) is 0 Å². The molecule has 5 nitrogen and oxygen atoms in total. The van der Waals surface area contributed by atoms with Crippen LogP contribution in [0.1, 0.15) is 65.2 Å². The Kier molecular flexibility index (Phi) is 7.54. The van der Waals surface area contributed by atoms with E-state index in [0.717, 1.165) is 43.9 Å². The van der Waals surface area contributed by atoms with Crippen LogP contribution in [0.4, 0.5) is 11.8 Å². The summed E-state index contributed by atoms with van der Waals surface area (Å²) in [6.45, 7) is 10.4. The van der Waals surface area contributed by atoms with Gasteiger partial charge in [0.05, 0.1) is 6.04 Å². The first-order valence-electron chi connectivity index (χ1n) is 10.8. The highest BCUT2D eigenvalue weighted by Crippen LogP contribution is 2.21. The van der Waals surface area contributed by atoms with Gasteiger partial charge in [-0.15, -0.1) is 0 Å². The topological polar surface area (TPSA) is 44.3 Å². The Labute approximate surface area is 159 Å². The van der Waals surface area contributed by atoms with Crippen LogP contribution < -0.4 is 10.2 Å². The number of hydrogen-bond donors (Lipinski definition) is 1. The Balaban J connectivity index is 1.45. The summed E-state index contributed by atoms with van der Waals surface area (Å²) in [4.78, 5) is 14.2. The predicted octanol–water partition coefficient (Wildman–Crippen LogP) is 4.17. The summed E-state index contributed by atoms with van der Waals surface area (Å²) in [5, 5.41) is 3.55. The average molecular weight is 360 g/mol. The van der Waals surface area contributed by atoms with Gasteiger partial charge in [0.1, 0.15) is 5.82 Å². The first kappa shape index (κ1) is 19.4. The monoisotopic (exact) mass is 359 g/mol. The Bertz CT molecular complexity index is 521. The van der Waals surface area contributed by atoms with Gasteiger partial charge in [-0.3, -0.25) is 4.90 Å². The molecule has 2 saturated heterocycles. The van der Waals surface area contributed by atoms with Crippen LogP contribution in [0, 0.1) is 5.92 Å². The standard InChI is InChI=1S/C21H37N5/c1-3-5-10-18(4-2)15-25-16-19(17-25)23-21-22-12-11-20(24-21)26-13-8-6-7-9-14-26/h11-12,18-19H,3-10,13-17H2,1-2H3,(H,22,23,24). The smallest absolute Gasteiger partial charge is 0.224 e. The van der Waals surface area contributed by atoms with Gasteiger partial charge in [0.25, 0.3) is 0 Å². The molecular weight excluding hydrogens is 322 g/mol. The molecule has 0 spiro atoms. The van der Waals surface area contributed by atoms with E-state index in [4.69, 9.17) is 4.98 Å². The summed E-state index contributed by atoms with van der Waals surface area (Å²) in [5.74, 6) is 2.75. The van der Waals surface area contributed by atoms with Gasteiger partial charge in [0.2, 0.25) is 5.95 Å². The lowest BCUT2D eigenvalue weighted by atomic mass is 9.96. The van der Waals surface area contributed by atoms with Crippen LogP contribution in [0.25, 0.3) is 0 Å². The number of rotatable bonds is 9. The van der Waals surface area contributed by atoms with Crippen LogP contribution in [0.5, 0.6) is 0 Å². The summed E-state index contributed by atoms with van der Waals surface area (Å²) < 4.78 is 0. The van der Waals surface area contributed by atoms with Gasteiger partial charge in [-0.1, -0.05) is 46.0 Å². The third-order valence-corrected chi connectivity index (χ3v) is 5.92. The first-order valence-corrected chi connectivity index (χ1v) is 10.8. The third-order valence-electron chi connectivity index (χ3n) is 5.92. The largest absolute Gasteiger partial charge is 0.356 e. The number of aromatic nitrogens is 2. The van der Waals surface area contributed by atoms with Crippen LogP contribution in [0.2, 0.25) is 0 Å². The van der Waals surface area contributed by atoms with E-state index < -0.39 is 0 Å². The van der Waals surface area contributed by atoms with Crippen LogP contribution in [0.3, 0.4) is 0 Å². The van der Waals surface area contributed by atoms with Crippen LogP contribution in [-0.2, 0) is 0 Å². The fraction of sp³-hybridized carbons (Fsp3) is 0.810. The Morgan fingerprint density at radius 3 is 2.62 bits per heavy atom. The Morgan fingerprint density at radius 1 is 1.15 bits per heavy atom. The molecule has 1 atom stereocenters. The minimum atomic E-state index is 0.498. The maximum absolute atomic E-state index is 4.79. The summed E-state index contributed by atoms with van der Waals surface area (Å²) >= 11 is 0. The molecule has 1 aromatic rings. The molecule has 0 amide bonds. The number of hydrogen-bond acceptors (Lipinski definition) is 5. The van der Waals surface area contributed by atoms with E-state index in [-0.39, 0.29) is 0 Å². The molecule has 0 aliphatic carbocycles. The molecule has 3 rings (SSSR count). The molecule has 1 aromatic heterocycles. The highest BCUT2D eigenvalue weighted by Gasteiger charge is 2.28.